The van der Waals surface area contributed by atoms with Gasteiger partial charge in [0.1, 0.15) is 16.0 Å². The number of carbonyl (C=O) groups is 1. The molecule has 0 spiro atoms. The lowest BCUT2D eigenvalue weighted by Gasteiger charge is -2.12. The fourth-order valence-electron chi connectivity index (χ4n) is 2.68. The molecule has 0 atom stereocenters. The van der Waals surface area contributed by atoms with Gasteiger partial charge in [-0.15, -0.1) is 0 Å². The van der Waals surface area contributed by atoms with E-state index >= 15 is 0 Å². The number of benzene rings is 1. The van der Waals surface area contributed by atoms with Crippen LogP contribution in [0.3, 0.4) is 0 Å². The highest BCUT2D eigenvalue weighted by Gasteiger charge is 2.18. The molecule has 0 saturated heterocycles. The van der Waals surface area contributed by atoms with Crippen molar-refractivity contribution >= 4 is 57.6 Å². The van der Waals surface area contributed by atoms with E-state index in [-0.39, 0.29) is 5.91 Å². The van der Waals surface area contributed by atoms with E-state index in [9.17, 15) is 4.79 Å². The standard InChI is InChI=1S/C16H15BN6OS/c1-22-8-18-10-11(22)12-13(19-14(10)23(2)17)20-16(25-12)21-15(24)9-6-4-3-5-7-9/h3-8H,17H2,1-2H3,(H,19,20,21,24). The number of hydrogen-bond acceptors (Lipinski definition) is 6. The van der Waals surface area contributed by atoms with Crippen LogP contribution in [0.1, 0.15) is 10.4 Å². The number of nitrogens with one attached hydrogen (secondary N) is 1. The highest BCUT2D eigenvalue weighted by Crippen LogP contribution is 2.34. The molecule has 0 radical (unpaired) electrons. The van der Waals surface area contributed by atoms with Crippen LogP contribution in [0.4, 0.5) is 10.9 Å². The summed E-state index contributed by atoms with van der Waals surface area (Å²) >= 11 is 1.40. The number of amides is 1. The van der Waals surface area contributed by atoms with Crippen LogP contribution in [0.5, 0.6) is 0 Å². The first-order valence-electron chi connectivity index (χ1n) is 7.70. The summed E-state index contributed by atoms with van der Waals surface area (Å²) < 4.78 is 2.86. The molecule has 1 aromatic carbocycles. The van der Waals surface area contributed by atoms with Crippen LogP contribution >= 0.6 is 11.3 Å². The first-order chi connectivity index (χ1) is 12.0. The zero-order valence-corrected chi connectivity index (χ0v) is 14.8. The lowest BCUT2D eigenvalue weighted by Crippen LogP contribution is -2.13. The first kappa shape index (κ1) is 15.6. The van der Waals surface area contributed by atoms with E-state index in [4.69, 9.17) is 0 Å². The van der Waals surface area contributed by atoms with Crippen molar-refractivity contribution in [1.29, 1.82) is 0 Å². The SMILES string of the molecule is BN(C)c1nc2nc(NC(=O)c3ccccc3)sc2c2c1ncn2C. The summed E-state index contributed by atoms with van der Waals surface area (Å²) in [5, 5.41) is 3.38. The number of carbonyl (C=O) groups excluding carboxylic acids is 1. The van der Waals surface area contributed by atoms with Gasteiger partial charge >= 0.3 is 0 Å². The second-order valence-electron chi connectivity index (χ2n) is 5.87. The summed E-state index contributed by atoms with van der Waals surface area (Å²) in [4.78, 5) is 27.8. The number of hydrogen-bond donors (Lipinski definition) is 1. The number of aromatic nitrogens is 4. The zero-order chi connectivity index (χ0) is 17.6. The van der Waals surface area contributed by atoms with Crippen molar-refractivity contribution in [2.24, 2.45) is 7.05 Å². The molecule has 0 aliphatic heterocycles. The molecule has 9 heteroatoms. The number of aryl methyl sites for hydroxylation is 1. The fourth-order valence-corrected chi connectivity index (χ4v) is 3.67. The Morgan fingerprint density at radius 1 is 1.28 bits per heavy atom. The molecule has 3 heterocycles. The van der Waals surface area contributed by atoms with Crippen LogP contribution in [-0.2, 0) is 7.05 Å². The number of imidazole rings is 1. The third-order valence-corrected chi connectivity index (χ3v) is 4.83. The average molecular weight is 350 g/mol. The molecule has 0 bridgehead atoms. The van der Waals surface area contributed by atoms with Gasteiger partial charge in [0.15, 0.2) is 10.8 Å². The van der Waals surface area contributed by atoms with Crippen LogP contribution < -0.4 is 10.1 Å². The molecule has 7 nitrogen and oxygen atoms in total. The highest BCUT2D eigenvalue weighted by molar-refractivity contribution is 7.23. The summed E-state index contributed by atoms with van der Waals surface area (Å²) in [6.07, 6.45) is 1.76. The Kier molecular flexibility index (Phi) is 3.65. The average Bonchev–Trinajstić information content (AvgIpc) is 3.17. The number of thiazole rings is 1. The van der Waals surface area contributed by atoms with Crippen LogP contribution in [-0.4, -0.2) is 40.5 Å². The largest absolute Gasteiger partial charge is 0.408 e. The summed E-state index contributed by atoms with van der Waals surface area (Å²) in [6, 6.07) is 9.07. The minimum atomic E-state index is -0.186. The van der Waals surface area contributed by atoms with Crippen molar-refractivity contribution < 1.29 is 4.79 Å². The van der Waals surface area contributed by atoms with Gasteiger partial charge in [0.25, 0.3) is 5.91 Å². The summed E-state index contributed by atoms with van der Waals surface area (Å²) in [5.74, 6) is 0.572. The van der Waals surface area contributed by atoms with Gasteiger partial charge in [-0.1, -0.05) is 29.5 Å². The number of rotatable bonds is 3. The van der Waals surface area contributed by atoms with Crippen LogP contribution in [0, 0.1) is 0 Å². The molecule has 1 N–H and O–H groups in total. The minimum absolute atomic E-state index is 0.186. The van der Waals surface area contributed by atoms with E-state index < -0.39 is 0 Å². The van der Waals surface area contributed by atoms with Gasteiger partial charge in [0.2, 0.25) is 7.98 Å². The number of nitrogens with zero attached hydrogens (tertiary/aromatic N) is 5. The van der Waals surface area contributed by atoms with Crippen LogP contribution in [0.25, 0.3) is 21.4 Å². The Hall–Kier alpha value is -2.94. The van der Waals surface area contributed by atoms with Gasteiger partial charge in [-0.3, -0.25) is 10.1 Å². The second kappa shape index (κ2) is 5.85. The monoisotopic (exact) mass is 350 g/mol. The van der Waals surface area contributed by atoms with Crippen molar-refractivity contribution in [2.45, 2.75) is 0 Å². The van der Waals surface area contributed by atoms with Crippen LogP contribution in [0.2, 0.25) is 0 Å². The van der Waals surface area contributed by atoms with E-state index in [0.717, 1.165) is 21.6 Å². The Labute approximate surface area is 148 Å². The van der Waals surface area contributed by atoms with Gasteiger partial charge in [0.05, 0.1) is 11.8 Å². The Balaban J connectivity index is 1.81. The lowest BCUT2D eigenvalue weighted by molar-refractivity contribution is 0.102. The smallest absolute Gasteiger partial charge is 0.257 e. The maximum absolute atomic E-state index is 12.4. The van der Waals surface area contributed by atoms with Crippen molar-refractivity contribution in [2.75, 3.05) is 17.2 Å². The van der Waals surface area contributed by atoms with E-state index in [1.807, 2.05) is 49.7 Å². The molecule has 4 rings (SSSR count). The van der Waals surface area contributed by atoms with E-state index in [1.54, 1.807) is 18.5 Å². The summed E-state index contributed by atoms with van der Waals surface area (Å²) in [5.41, 5.74) is 2.98. The molecule has 0 aliphatic carbocycles. The molecule has 124 valence electrons. The van der Waals surface area contributed by atoms with E-state index in [0.29, 0.717) is 16.3 Å². The minimum Gasteiger partial charge on any atom is -0.408 e. The molecule has 3 aromatic heterocycles. The lowest BCUT2D eigenvalue weighted by atomic mass is 10.2. The maximum atomic E-state index is 12.4. The topological polar surface area (TPSA) is 75.9 Å². The third-order valence-electron chi connectivity index (χ3n) is 3.87. The van der Waals surface area contributed by atoms with E-state index in [2.05, 4.69) is 20.3 Å². The van der Waals surface area contributed by atoms with Crippen molar-refractivity contribution in [1.82, 2.24) is 19.5 Å². The molecular weight excluding hydrogens is 335 g/mol. The van der Waals surface area contributed by atoms with Gasteiger partial charge < -0.3 is 9.38 Å². The molecule has 0 saturated carbocycles. The Morgan fingerprint density at radius 3 is 2.76 bits per heavy atom. The van der Waals surface area contributed by atoms with Gasteiger partial charge in [-0.25, -0.2) is 9.97 Å². The number of anilines is 2. The Bertz CT molecular complexity index is 1090. The van der Waals surface area contributed by atoms with Crippen LogP contribution in [0.15, 0.2) is 36.7 Å². The van der Waals surface area contributed by atoms with Gasteiger partial charge in [0, 0.05) is 12.6 Å². The Morgan fingerprint density at radius 2 is 2.04 bits per heavy atom. The summed E-state index contributed by atoms with van der Waals surface area (Å²) in [7, 11) is 5.79. The molecule has 0 aliphatic rings. The number of fused-ring (bicyclic) bond motifs is 3. The number of pyridine rings is 1. The third kappa shape index (κ3) is 2.62. The highest BCUT2D eigenvalue weighted by atomic mass is 32.1. The predicted molar refractivity (Wildman–Crippen MR) is 103 cm³/mol. The zero-order valence-electron chi connectivity index (χ0n) is 14.0. The summed E-state index contributed by atoms with van der Waals surface area (Å²) in [6.45, 7) is 0. The molecular formula is C16H15BN6OS. The maximum Gasteiger partial charge on any atom is 0.257 e. The molecule has 4 aromatic rings. The normalized spacial score (nSPS) is 11.1. The van der Waals surface area contributed by atoms with Crippen molar-refractivity contribution in [3.05, 3.63) is 42.2 Å². The van der Waals surface area contributed by atoms with Crippen molar-refractivity contribution in [3.8, 4) is 0 Å². The van der Waals surface area contributed by atoms with Crippen molar-refractivity contribution in [3.63, 3.8) is 0 Å². The fraction of sp³-hybridized carbons (Fsp3) is 0.125. The predicted octanol–water partition coefficient (Wildman–Crippen LogP) is 1.81. The first-order valence-corrected chi connectivity index (χ1v) is 8.51. The van der Waals surface area contributed by atoms with Gasteiger partial charge in [-0.05, 0) is 19.2 Å². The molecule has 25 heavy (non-hydrogen) atoms. The molecule has 1 amide bonds. The molecule has 0 unspecified atom stereocenters. The van der Waals surface area contributed by atoms with Gasteiger partial charge in [-0.2, -0.15) is 4.98 Å². The van der Waals surface area contributed by atoms with E-state index in [1.165, 1.54) is 11.3 Å². The molecule has 0 fully saturated rings. The quantitative estimate of drug-likeness (QED) is 0.571. The second-order valence-corrected chi connectivity index (χ2v) is 6.87.